The molecule has 0 saturated carbocycles. The van der Waals surface area contributed by atoms with E-state index in [9.17, 15) is 19.0 Å². The second-order valence-corrected chi connectivity index (χ2v) is 11.1. The molecule has 0 heterocycles. The van der Waals surface area contributed by atoms with Gasteiger partial charge in [-0.15, -0.1) is 0 Å². The van der Waals surface area contributed by atoms with E-state index in [-0.39, 0.29) is 25.6 Å². The molecule has 1 unspecified atom stereocenters. The third-order valence-corrected chi connectivity index (χ3v) is 6.18. The molecular weight excluding hydrogens is 461 g/mol. The molecule has 2 atom stereocenters. The normalized spacial score (nSPS) is 14.4. The van der Waals surface area contributed by atoms with Crippen molar-refractivity contribution in [3.63, 3.8) is 0 Å². The van der Waals surface area contributed by atoms with Crippen LogP contribution in [0.15, 0.2) is 0 Å². The summed E-state index contributed by atoms with van der Waals surface area (Å²) in [5, 5.41) is 0. The summed E-state index contributed by atoms with van der Waals surface area (Å²) in [5.74, 6) is -0.901. The Labute approximate surface area is 206 Å². The molecule has 0 aromatic carbocycles. The largest absolute Gasteiger partial charge is 0.472 e. The highest BCUT2D eigenvalue weighted by Crippen LogP contribution is 2.43. The zero-order valence-electron chi connectivity index (χ0n) is 22.1. The second-order valence-electron chi connectivity index (χ2n) is 9.69. The van der Waals surface area contributed by atoms with Gasteiger partial charge in [-0.3, -0.25) is 18.6 Å². The summed E-state index contributed by atoms with van der Waals surface area (Å²) in [6, 6.07) is 0. The molecule has 0 aromatic rings. The highest BCUT2D eigenvalue weighted by atomic mass is 31.2. The molecule has 0 aliphatic rings. The van der Waals surface area contributed by atoms with Crippen LogP contribution in [-0.2, 0) is 32.7 Å². The van der Waals surface area contributed by atoms with Crippen LogP contribution in [0.25, 0.3) is 0 Å². The maximum Gasteiger partial charge on any atom is 0.472 e. The number of esters is 2. The SMILES string of the molecule is CCCCCCCCCCCCC(=O)OC[C@H](COP(=O)(O)OCC[N+](C)(C)C)OC(=O)CC. The van der Waals surface area contributed by atoms with E-state index in [1.54, 1.807) is 6.92 Å². The van der Waals surface area contributed by atoms with Crippen LogP contribution in [0.5, 0.6) is 0 Å². The van der Waals surface area contributed by atoms with E-state index in [1.165, 1.54) is 44.9 Å². The Morgan fingerprint density at radius 2 is 1.38 bits per heavy atom. The lowest BCUT2D eigenvalue weighted by atomic mass is 10.1. The van der Waals surface area contributed by atoms with Crippen molar-refractivity contribution >= 4 is 19.8 Å². The van der Waals surface area contributed by atoms with Crippen LogP contribution in [0.3, 0.4) is 0 Å². The first-order valence-electron chi connectivity index (χ1n) is 12.8. The van der Waals surface area contributed by atoms with Gasteiger partial charge in [-0.05, 0) is 6.42 Å². The van der Waals surface area contributed by atoms with Gasteiger partial charge >= 0.3 is 19.8 Å². The summed E-state index contributed by atoms with van der Waals surface area (Å²) in [4.78, 5) is 33.5. The molecule has 0 amide bonds. The van der Waals surface area contributed by atoms with Gasteiger partial charge in [0.2, 0.25) is 0 Å². The molecular formula is C24H49NO8P+. The average molecular weight is 511 g/mol. The highest BCUT2D eigenvalue weighted by molar-refractivity contribution is 7.47. The van der Waals surface area contributed by atoms with Crippen molar-refractivity contribution in [2.75, 3.05) is 47.5 Å². The molecule has 202 valence electrons. The molecule has 0 aliphatic heterocycles. The van der Waals surface area contributed by atoms with Crippen molar-refractivity contribution in [3.05, 3.63) is 0 Å². The number of ether oxygens (including phenoxy) is 2. The topological polar surface area (TPSA) is 108 Å². The predicted octanol–water partition coefficient (Wildman–Crippen LogP) is 5.00. The van der Waals surface area contributed by atoms with Crippen molar-refractivity contribution in [2.45, 2.75) is 97.0 Å². The Morgan fingerprint density at radius 3 is 1.91 bits per heavy atom. The molecule has 9 nitrogen and oxygen atoms in total. The minimum Gasteiger partial charge on any atom is -0.462 e. The number of quaternary nitrogens is 1. The fourth-order valence-electron chi connectivity index (χ4n) is 3.04. The highest BCUT2D eigenvalue weighted by Gasteiger charge is 2.26. The number of nitrogens with zero attached hydrogens (tertiary/aromatic N) is 1. The van der Waals surface area contributed by atoms with E-state index in [0.717, 1.165) is 19.3 Å². The molecule has 0 saturated heterocycles. The zero-order chi connectivity index (χ0) is 25.9. The van der Waals surface area contributed by atoms with E-state index in [2.05, 4.69) is 6.92 Å². The van der Waals surface area contributed by atoms with Gasteiger partial charge in [0.05, 0.1) is 27.7 Å². The number of unbranched alkanes of at least 4 members (excludes halogenated alkanes) is 9. The molecule has 0 rings (SSSR count). The molecule has 0 fully saturated rings. The Morgan fingerprint density at radius 1 is 0.824 bits per heavy atom. The fraction of sp³-hybridized carbons (Fsp3) is 0.917. The Bertz CT molecular complexity index is 594. The second kappa shape index (κ2) is 19.2. The summed E-state index contributed by atoms with van der Waals surface area (Å²) in [6.45, 7) is 3.75. The lowest BCUT2D eigenvalue weighted by Crippen LogP contribution is -2.37. The quantitative estimate of drug-likeness (QED) is 0.0938. The van der Waals surface area contributed by atoms with Crippen molar-refractivity contribution in [1.29, 1.82) is 0 Å². The molecule has 0 spiro atoms. The molecule has 0 aliphatic carbocycles. The van der Waals surface area contributed by atoms with Crippen LogP contribution in [-0.4, -0.2) is 74.9 Å². The smallest absolute Gasteiger partial charge is 0.462 e. The molecule has 10 heteroatoms. The third kappa shape index (κ3) is 21.5. The number of hydrogen-bond donors (Lipinski definition) is 1. The van der Waals surface area contributed by atoms with Gasteiger partial charge in [-0.25, -0.2) is 4.57 Å². The molecule has 0 aromatic heterocycles. The predicted molar refractivity (Wildman–Crippen MR) is 132 cm³/mol. The minimum atomic E-state index is -4.31. The van der Waals surface area contributed by atoms with Gasteiger partial charge < -0.3 is 18.9 Å². The van der Waals surface area contributed by atoms with E-state index < -0.39 is 26.5 Å². The molecule has 34 heavy (non-hydrogen) atoms. The van der Waals surface area contributed by atoms with Crippen LogP contribution in [0.1, 0.15) is 90.9 Å². The van der Waals surface area contributed by atoms with E-state index >= 15 is 0 Å². The first-order valence-corrected chi connectivity index (χ1v) is 14.3. The van der Waals surface area contributed by atoms with Gasteiger partial charge in [0.25, 0.3) is 0 Å². The first kappa shape index (κ1) is 33.0. The number of phosphoric ester groups is 1. The lowest BCUT2D eigenvalue weighted by molar-refractivity contribution is -0.870. The van der Waals surface area contributed by atoms with Gasteiger partial charge in [0.15, 0.2) is 6.10 Å². The summed E-state index contributed by atoms with van der Waals surface area (Å²) in [6.07, 6.45) is 11.2. The Balaban J connectivity index is 4.19. The summed E-state index contributed by atoms with van der Waals surface area (Å²) >= 11 is 0. The lowest BCUT2D eigenvalue weighted by Gasteiger charge is -2.24. The number of likely N-dealkylation sites (N-methyl/N-ethyl adjacent to an activating group) is 1. The number of carbonyl (C=O) groups excluding carboxylic acids is 2. The molecule has 0 bridgehead atoms. The fourth-order valence-corrected chi connectivity index (χ4v) is 3.79. The van der Waals surface area contributed by atoms with Gasteiger partial charge in [-0.1, -0.05) is 71.6 Å². The van der Waals surface area contributed by atoms with Crippen LogP contribution >= 0.6 is 7.82 Å². The zero-order valence-corrected chi connectivity index (χ0v) is 23.0. The van der Waals surface area contributed by atoms with E-state index in [4.69, 9.17) is 18.5 Å². The van der Waals surface area contributed by atoms with Crippen molar-refractivity contribution in [3.8, 4) is 0 Å². The van der Waals surface area contributed by atoms with Crippen LogP contribution in [0.2, 0.25) is 0 Å². The summed E-state index contributed by atoms with van der Waals surface area (Å²) < 4.78 is 32.9. The van der Waals surface area contributed by atoms with Gasteiger partial charge in [0.1, 0.15) is 19.8 Å². The van der Waals surface area contributed by atoms with E-state index in [0.29, 0.717) is 17.4 Å². The van der Waals surface area contributed by atoms with Crippen molar-refractivity contribution in [2.24, 2.45) is 0 Å². The van der Waals surface area contributed by atoms with Crippen LogP contribution in [0, 0.1) is 0 Å². The monoisotopic (exact) mass is 510 g/mol. The van der Waals surface area contributed by atoms with Crippen molar-refractivity contribution in [1.82, 2.24) is 0 Å². The minimum absolute atomic E-state index is 0.0323. The van der Waals surface area contributed by atoms with Gasteiger partial charge in [-0.2, -0.15) is 0 Å². The van der Waals surface area contributed by atoms with Crippen LogP contribution in [0.4, 0.5) is 0 Å². The third-order valence-electron chi connectivity index (χ3n) is 5.19. The molecule has 1 N–H and O–H groups in total. The summed E-state index contributed by atoms with van der Waals surface area (Å²) in [5.41, 5.74) is 0. The maximum absolute atomic E-state index is 12.1. The van der Waals surface area contributed by atoms with Crippen LogP contribution < -0.4 is 0 Å². The Hall–Kier alpha value is -0.990. The standard InChI is InChI=1S/C24H48NO8P/c1-6-8-9-10-11-12-13-14-15-16-17-24(27)30-20-22(33-23(26)7-2)21-32-34(28,29)31-19-18-25(3,4)5/h22H,6-21H2,1-5H3/p+1/t22-/m1/s1. The average Bonchev–Trinajstić information content (AvgIpc) is 2.75. The number of hydrogen-bond acceptors (Lipinski definition) is 7. The number of carbonyl (C=O) groups is 2. The Kier molecular flexibility index (Phi) is 18.7. The maximum atomic E-state index is 12.1. The number of phosphoric acid groups is 1. The summed E-state index contributed by atoms with van der Waals surface area (Å²) in [7, 11) is 1.47. The molecule has 0 radical (unpaired) electrons. The van der Waals surface area contributed by atoms with Gasteiger partial charge in [0, 0.05) is 12.8 Å². The first-order chi connectivity index (χ1) is 16.0. The van der Waals surface area contributed by atoms with Crippen molar-refractivity contribution < 1.29 is 42.1 Å². The van der Waals surface area contributed by atoms with E-state index in [1.807, 2.05) is 21.1 Å². The number of rotatable bonds is 22.